The van der Waals surface area contributed by atoms with Crippen molar-refractivity contribution in [1.82, 2.24) is 20.9 Å². The molecule has 0 saturated carbocycles. The van der Waals surface area contributed by atoms with Crippen molar-refractivity contribution >= 4 is 21.7 Å². The number of aliphatic hydroxyl groups excluding tert-OH is 1. The number of hydrogen-bond acceptors (Lipinski definition) is 7. The fraction of sp³-hybridized carbons (Fsp3) is 0.406. The maximum Gasteiger partial charge on any atom is 0.253 e. The van der Waals surface area contributed by atoms with E-state index in [1.54, 1.807) is 0 Å². The van der Waals surface area contributed by atoms with E-state index >= 15 is 0 Å². The zero-order valence-corrected chi connectivity index (χ0v) is 25.7. The summed E-state index contributed by atoms with van der Waals surface area (Å²) in [7, 11) is -3.76. The van der Waals surface area contributed by atoms with Crippen LogP contribution in [0.25, 0.3) is 0 Å². The SMILES string of the molecule is CCCCS(=O)(=O)CC(NC(=O)c1cccnc1)C(=O)N[C@@H](Cc1cc(F)cc(F)c1)[C@H](O)CNCc1cccc(CC)c1. The molecule has 0 saturated heterocycles. The first-order chi connectivity index (χ1) is 21.0. The Morgan fingerprint density at radius 1 is 0.955 bits per heavy atom. The number of aromatic nitrogens is 1. The molecule has 0 aliphatic carbocycles. The minimum Gasteiger partial charge on any atom is -0.390 e. The maximum atomic E-state index is 14.0. The third-order valence-electron chi connectivity index (χ3n) is 7.03. The van der Waals surface area contributed by atoms with Crippen molar-refractivity contribution in [3.63, 3.8) is 0 Å². The summed E-state index contributed by atoms with van der Waals surface area (Å²) in [5, 5.41) is 19.4. The van der Waals surface area contributed by atoms with Crippen molar-refractivity contribution in [1.29, 1.82) is 0 Å². The molecule has 0 fully saturated rings. The standard InChI is InChI=1S/C32H40F2N4O5S/c1-3-5-12-44(42,43)21-29(38-31(40)25-10-7-11-35-19-25)32(41)37-28(16-24-14-26(33)17-27(34)15-24)30(39)20-36-18-23-9-6-8-22(4-2)13-23/h6-11,13-15,17,19,28-30,36,39H,3-5,12,16,18,20-21H2,1-2H3,(H,37,41)(H,38,40)/t28-,29?,30+/m0/s1. The van der Waals surface area contributed by atoms with Gasteiger partial charge in [0.05, 0.1) is 29.2 Å². The van der Waals surface area contributed by atoms with Crippen molar-refractivity contribution < 1.29 is 31.9 Å². The van der Waals surface area contributed by atoms with Crippen LogP contribution < -0.4 is 16.0 Å². The summed E-state index contributed by atoms with van der Waals surface area (Å²) in [6.45, 7) is 4.29. The number of aryl methyl sites for hydroxylation is 1. The van der Waals surface area contributed by atoms with Gasteiger partial charge in [-0.2, -0.15) is 0 Å². The number of carbonyl (C=O) groups is 2. The van der Waals surface area contributed by atoms with Crippen LogP contribution in [0.1, 0.15) is 53.7 Å². The lowest BCUT2D eigenvalue weighted by atomic mass is 10.00. The first-order valence-corrected chi connectivity index (χ1v) is 16.4. The first kappa shape index (κ1) is 34.7. The second-order valence-electron chi connectivity index (χ2n) is 10.7. The Morgan fingerprint density at radius 2 is 1.68 bits per heavy atom. The van der Waals surface area contributed by atoms with Crippen LogP contribution >= 0.6 is 0 Å². The molecule has 0 aliphatic rings. The number of rotatable bonds is 17. The number of carbonyl (C=O) groups excluding carboxylic acids is 2. The van der Waals surface area contributed by atoms with Gasteiger partial charge in [-0.05, 0) is 60.2 Å². The van der Waals surface area contributed by atoms with E-state index in [-0.39, 0.29) is 29.8 Å². The van der Waals surface area contributed by atoms with Gasteiger partial charge in [0.15, 0.2) is 9.84 Å². The lowest BCUT2D eigenvalue weighted by molar-refractivity contribution is -0.124. The Hall–Kier alpha value is -3.74. The fourth-order valence-corrected chi connectivity index (χ4v) is 6.28. The lowest BCUT2D eigenvalue weighted by Crippen LogP contribution is -2.56. The summed E-state index contributed by atoms with van der Waals surface area (Å²) in [6, 6.07) is 11.2. The maximum absolute atomic E-state index is 14.0. The summed E-state index contributed by atoms with van der Waals surface area (Å²) in [6.07, 6.45) is 3.20. The van der Waals surface area contributed by atoms with Crippen LogP contribution in [0.15, 0.2) is 67.0 Å². The molecule has 0 spiro atoms. The number of amides is 2. The van der Waals surface area contributed by atoms with Gasteiger partial charge in [-0.1, -0.05) is 44.5 Å². The van der Waals surface area contributed by atoms with Gasteiger partial charge in [-0.3, -0.25) is 14.6 Å². The van der Waals surface area contributed by atoms with Crippen LogP contribution in [0.2, 0.25) is 0 Å². The average molecular weight is 631 g/mol. The quantitative estimate of drug-likeness (QED) is 0.180. The molecule has 0 bridgehead atoms. The van der Waals surface area contributed by atoms with Crippen LogP contribution in [-0.2, 0) is 34.0 Å². The van der Waals surface area contributed by atoms with E-state index in [1.807, 2.05) is 38.1 Å². The van der Waals surface area contributed by atoms with E-state index in [0.717, 1.165) is 29.7 Å². The Balaban J connectivity index is 1.82. The molecule has 44 heavy (non-hydrogen) atoms. The van der Waals surface area contributed by atoms with Crippen LogP contribution in [0.4, 0.5) is 8.78 Å². The van der Waals surface area contributed by atoms with E-state index in [2.05, 4.69) is 20.9 Å². The molecule has 1 aromatic heterocycles. The van der Waals surface area contributed by atoms with Gasteiger partial charge in [0, 0.05) is 31.5 Å². The largest absolute Gasteiger partial charge is 0.390 e. The molecular weight excluding hydrogens is 590 g/mol. The van der Waals surface area contributed by atoms with Crippen molar-refractivity contribution in [2.45, 2.75) is 64.3 Å². The van der Waals surface area contributed by atoms with Gasteiger partial charge in [0.25, 0.3) is 5.91 Å². The second kappa shape index (κ2) is 16.9. The summed E-state index contributed by atoms with van der Waals surface area (Å²) in [4.78, 5) is 30.4. The van der Waals surface area contributed by atoms with Crippen molar-refractivity contribution in [2.24, 2.45) is 0 Å². The highest BCUT2D eigenvalue weighted by Gasteiger charge is 2.31. The lowest BCUT2D eigenvalue weighted by Gasteiger charge is -2.27. The summed E-state index contributed by atoms with van der Waals surface area (Å²) < 4.78 is 53.7. The van der Waals surface area contributed by atoms with Crippen LogP contribution in [-0.4, -0.2) is 66.6 Å². The minimum absolute atomic E-state index is 0.000602. The Kier molecular flexibility index (Phi) is 13.4. The number of sulfone groups is 1. The number of aliphatic hydroxyl groups is 1. The zero-order chi connectivity index (χ0) is 32.1. The van der Waals surface area contributed by atoms with Gasteiger partial charge in [-0.15, -0.1) is 0 Å². The summed E-state index contributed by atoms with van der Waals surface area (Å²) >= 11 is 0. The van der Waals surface area contributed by atoms with E-state index < -0.39 is 57.2 Å². The second-order valence-corrected chi connectivity index (χ2v) is 12.9. The van der Waals surface area contributed by atoms with Gasteiger partial charge >= 0.3 is 0 Å². The molecule has 3 aromatic rings. The third-order valence-corrected chi connectivity index (χ3v) is 8.78. The molecule has 4 N–H and O–H groups in total. The topological polar surface area (TPSA) is 137 Å². The first-order valence-electron chi connectivity index (χ1n) is 14.6. The van der Waals surface area contributed by atoms with Gasteiger partial charge in [-0.25, -0.2) is 17.2 Å². The van der Waals surface area contributed by atoms with E-state index in [1.165, 1.54) is 24.5 Å². The van der Waals surface area contributed by atoms with Crippen molar-refractivity contribution in [3.05, 3.63) is 101 Å². The van der Waals surface area contributed by atoms with E-state index in [4.69, 9.17) is 0 Å². The number of unbranched alkanes of at least 4 members (excludes halogenated alkanes) is 1. The highest BCUT2D eigenvalue weighted by atomic mass is 32.2. The van der Waals surface area contributed by atoms with Crippen LogP contribution in [0.5, 0.6) is 0 Å². The summed E-state index contributed by atoms with van der Waals surface area (Å²) in [5.74, 6) is -4.06. The predicted octanol–water partition coefficient (Wildman–Crippen LogP) is 3.11. The summed E-state index contributed by atoms with van der Waals surface area (Å²) in [5.41, 5.74) is 2.43. The van der Waals surface area contributed by atoms with Crippen molar-refractivity contribution in [3.8, 4) is 0 Å². The molecule has 238 valence electrons. The molecule has 3 atom stereocenters. The number of nitrogens with one attached hydrogen (secondary N) is 3. The van der Waals surface area contributed by atoms with E-state index in [9.17, 15) is 31.9 Å². The highest BCUT2D eigenvalue weighted by molar-refractivity contribution is 7.91. The molecule has 3 rings (SSSR count). The van der Waals surface area contributed by atoms with Gasteiger partial charge < -0.3 is 21.1 Å². The Labute approximate surface area is 257 Å². The van der Waals surface area contributed by atoms with E-state index in [0.29, 0.717) is 25.5 Å². The molecular formula is C32H40F2N4O5S. The fourth-order valence-electron chi connectivity index (χ4n) is 4.64. The third kappa shape index (κ3) is 11.4. The van der Waals surface area contributed by atoms with Gasteiger partial charge in [0.2, 0.25) is 5.91 Å². The van der Waals surface area contributed by atoms with Gasteiger partial charge in [0.1, 0.15) is 17.7 Å². The molecule has 2 amide bonds. The molecule has 0 aliphatic heterocycles. The molecule has 1 heterocycles. The number of benzene rings is 2. The highest BCUT2D eigenvalue weighted by Crippen LogP contribution is 2.13. The van der Waals surface area contributed by atoms with Crippen LogP contribution in [0, 0.1) is 11.6 Å². The molecule has 12 heteroatoms. The molecule has 9 nitrogen and oxygen atoms in total. The number of hydrogen-bond donors (Lipinski definition) is 4. The number of nitrogens with zero attached hydrogens (tertiary/aromatic N) is 1. The minimum atomic E-state index is -3.76. The normalized spacial score (nSPS) is 13.6. The molecule has 0 radical (unpaired) electrons. The number of halogens is 2. The number of pyridine rings is 1. The molecule has 1 unspecified atom stereocenters. The smallest absolute Gasteiger partial charge is 0.253 e. The Morgan fingerprint density at radius 3 is 2.34 bits per heavy atom. The average Bonchev–Trinajstić information content (AvgIpc) is 2.99. The predicted molar refractivity (Wildman–Crippen MR) is 165 cm³/mol. The van der Waals surface area contributed by atoms with Crippen LogP contribution in [0.3, 0.4) is 0 Å². The Bertz CT molecular complexity index is 1470. The monoisotopic (exact) mass is 630 g/mol. The zero-order valence-electron chi connectivity index (χ0n) is 24.9. The molecule has 2 aromatic carbocycles. The van der Waals surface area contributed by atoms with Crippen molar-refractivity contribution in [2.75, 3.05) is 18.1 Å².